The van der Waals surface area contributed by atoms with E-state index in [4.69, 9.17) is 0 Å². The van der Waals surface area contributed by atoms with Crippen molar-refractivity contribution in [3.63, 3.8) is 0 Å². The van der Waals surface area contributed by atoms with Crippen molar-refractivity contribution in [1.82, 2.24) is 10.2 Å². The van der Waals surface area contributed by atoms with Crippen LogP contribution in [0.25, 0.3) is 0 Å². The molecule has 0 aromatic heterocycles. The quantitative estimate of drug-likeness (QED) is 0.661. The minimum absolute atomic E-state index is 0.146. The van der Waals surface area contributed by atoms with Gasteiger partial charge in [0.1, 0.15) is 5.82 Å². The average molecular weight is 332 g/mol. The lowest BCUT2D eigenvalue weighted by atomic mass is 9.86. The van der Waals surface area contributed by atoms with Gasteiger partial charge in [0, 0.05) is 25.8 Å². The molecule has 2 N–H and O–H groups in total. The number of halogens is 1. The molecule has 1 aliphatic heterocycles. The third kappa shape index (κ3) is 3.86. The van der Waals surface area contributed by atoms with Crippen molar-refractivity contribution in [3.8, 4) is 0 Å². The molecule has 5 nitrogen and oxygen atoms in total. The van der Waals surface area contributed by atoms with E-state index in [0.29, 0.717) is 11.1 Å². The van der Waals surface area contributed by atoms with E-state index in [9.17, 15) is 9.18 Å². The van der Waals surface area contributed by atoms with Gasteiger partial charge in [-0.2, -0.15) is 0 Å². The van der Waals surface area contributed by atoms with Crippen LogP contribution in [-0.2, 0) is 4.79 Å². The fourth-order valence-electron chi connectivity index (χ4n) is 3.88. The molecule has 1 aromatic rings. The van der Waals surface area contributed by atoms with Crippen LogP contribution in [0.15, 0.2) is 29.3 Å². The largest absolute Gasteiger partial charge is 0.347 e. The maximum Gasteiger partial charge on any atom is 0.243 e. The van der Waals surface area contributed by atoms with Gasteiger partial charge in [-0.1, -0.05) is 12.8 Å². The molecular formula is C18H25FN4O. The number of guanidine groups is 1. The van der Waals surface area contributed by atoms with Gasteiger partial charge in [0.2, 0.25) is 5.91 Å². The normalized spacial score (nSPS) is 19.8. The molecule has 1 aromatic carbocycles. The molecule has 6 heteroatoms. The Morgan fingerprint density at radius 2 is 1.96 bits per heavy atom. The van der Waals surface area contributed by atoms with Crippen molar-refractivity contribution in [2.24, 2.45) is 10.4 Å². The Balaban J connectivity index is 1.49. The van der Waals surface area contributed by atoms with Gasteiger partial charge in [0.05, 0.1) is 6.54 Å². The molecule has 1 amide bonds. The highest BCUT2D eigenvalue weighted by molar-refractivity contribution is 5.95. The number of anilines is 1. The molecule has 1 heterocycles. The van der Waals surface area contributed by atoms with Crippen molar-refractivity contribution in [2.45, 2.75) is 32.1 Å². The lowest BCUT2D eigenvalue weighted by Crippen LogP contribution is -2.44. The molecule has 0 radical (unpaired) electrons. The summed E-state index contributed by atoms with van der Waals surface area (Å²) in [5, 5.41) is 5.89. The summed E-state index contributed by atoms with van der Waals surface area (Å²) in [6.45, 7) is 2.18. The lowest BCUT2D eigenvalue weighted by molar-refractivity contribution is -0.115. The third-order valence-corrected chi connectivity index (χ3v) is 5.15. The molecule has 1 aliphatic carbocycles. The van der Waals surface area contributed by atoms with Crippen molar-refractivity contribution < 1.29 is 9.18 Å². The van der Waals surface area contributed by atoms with E-state index in [0.717, 1.165) is 19.0 Å². The van der Waals surface area contributed by atoms with E-state index in [2.05, 4.69) is 20.5 Å². The van der Waals surface area contributed by atoms with E-state index >= 15 is 0 Å². The first-order chi connectivity index (χ1) is 11.6. The summed E-state index contributed by atoms with van der Waals surface area (Å²) >= 11 is 0. The fraction of sp³-hybridized carbons (Fsp3) is 0.556. The third-order valence-electron chi connectivity index (χ3n) is 5.15. The molecule has 2 aliphatic rings. The first-order valence-corrected chi connectivity index (χ1v) is 8.61. The Labute approximate surface area is 142 Å². The molecule has 1 saturated heterocycles. The van der Waals surface area contributed by atoms with E-state index in [1.807, 2.05) is 0 Å². The number of nitrogens with one attached hydrogen (secondary N) is 2. The first-order valence-electron chi connectivity index (χ1n) is 8.61. The second kappa shape index (κ2) is 7.20. The molecule has 0 atom stereocenters. The molecule has 2 fully saturated rings. The van der Waals surface area contributed by atoms with Crippen LogP contribution in [-0.4, -0.2) is 43.4 Å². The van der Waals surface area contributed by atoms with Crippen molar-refractivity contribution in [3.05, 3.63) is 30.1 Å². The summed E-state index contributed by atoms with van der Waals surface area (Å²) in [4.78, 5) is 18.6. The van der Waals surface area contributed by atoms with E-state index in [1.165, 1.54) is 44.2 Å². The molecule has 24 heavy (non-hydrogen) atoms. The molecule has 3 rings (SSSR count). The van der Waals surface area contributed by atoms with Gasteiger partial charge in [-0.05, 0) is 48.9 Å². The molecule has 1 spiro atoms. The second-order valence-electron chi connectivity index (χ2n) is 6.83. The van der Waals surface area contributed by atoms with Crippen molar-refractivity contribution in [1.29, 1.82) is 0 Å². The van der Waals surface area contributed by atoms with Crippen LogP contribution in [0, 0.1) is 11.2 Å². The van der Waals surface area contributed by atoms with E-state index < -0.39 is 0 Å². The Kier molecular flexibility index (Phi) is 5.02. The van der Waals surface area contributed by atoms with Gasteiger partial charge >= 0.3 is 0 Å². The van der Waals surface area contributed by atoms with E-state index in [-0.39, 0.29) is 18.3 Å². The number of carbonyl (C=O) groups is 1. The highest BCUT2D eigenvalue weighted by Gasteiger charge is 2.41. The van der Waals surface area contributed by atoms with Gasteiger partial charge in [-0.15, -0.1) is 0 Å². The molecule has 0 bridgehead atoms. The van der Waals surface area contributed by atoms with Crippen LogP contribution in [0.2, 0.25) is 0 Å². The van der Waals surface area contributed by atoms with Crippen LogP contribution in [0.3, 0.4) is 0 Å². The summed E-state index contributed by atoms with van der Waals surface area (Å²) in [5.41, 5.74) is 1.05. The number of carbonyl (C=O) groups excluding carboxylic acids is 1. The van der Waals surface area contributed by atoms with Gasteiger partial charge in [-0.3, -0.25) is 9.79 Å². The predicted molar refractivity (Wildman–Crippen MR) is 93.5 cm³/mol. The number of hydrogen-bond acceptors (Lipinski definition) is 2. The minimum Gasteiger partial charge on any atom is -0.347 e. The maximum atomic E-state index is 12.9. The Hall–Kier alpha value is -2.11. The SMILES string of the molecule is CN=C(NCC(=O)Nc1ccc(F)cc1)N1CCC2(CCCC2)C1. The van der Waals surface area contributed by atoms with Gasteiger partial charge < -0.3 is 15.5 Å². The van der Waals surface area contributed by atoms with Crippen molar-refractivity contribution >= 4 is 17.6 Å². The number of aliphatic imine (C=N–C) groups is 1. The highest BCUT2D eigenvalue weighted by Crippen LogP contribution is 2.45. The molecule has 130 valence electrons. The Bertz CT molecular complexity index is 608. The first kappa shape index (κ1) is 16.7. The van der Waals surface area contributed by atoms with E-state index in [1.54, 1.807) is 19.2 Å². The number of likely N-dealkylation sites (tertiary alicyclic amines) is 1. The van der Waals surface area contributed by atoms with Crippen molar-refractivity contribution in [2.75, 3.05) is 32.0 Å². The number of benzene rings is 1. The van der Waals surface area contributed by atoms with Crippen LogP contribution >= 0.6 is 0 Å². The zero-order chi connectivity index (χ0) is 17.0. The summed E-state index contributed by atoms with van der Waals surface area (Å²) in [6.07, 6.45) is 6.51. The number of nitrogens with zero attached hydrogens (tertiary/aromatic N) is 2. The smallest absolute Gasteiger partial charge is 0.243 e. The van der Waals surface area contributed by atoms with Crippen LogP contribution in [0.4, 0.5) is 10.1 Å². The van der Waals surface area contributed by atoms with Gasteiger partial charge in [-0.25, -0.2) is 4.39 Å². The van der Waals surface area contributed by atoms with Crippen LogP contribution in [0.5, 0.6) is 0 Å². The summed E-state index contributed by atoms with van der Waals surface area (Å²) in [7, 11) is 1.75. The predicted octanol–water partition coefficient (Wildman–Crippen LogP) is 2.61. The molecular weight excluding hydrogens is 307 g/mol. The zero-order valence-electron chi connectivity index (χ0n) is 14.1. The minimum atomic E-state index is -0.318. The zero-order valence-corrected chi connectivity index (χ0v) is 14.1. The Morgan fingerprint density at radius 1 is 1.25 bits per heavy atom. The monoisotopic (exact) mass is 332 g/mol. The van der Waals surface area contributed by atoms with Crippen LogP contribution < -0.4 is 10.6 Å². The fourth-order valence-corrected chi connectivity index (χ4v) is 3.88. The summed E-state index contributed by atoms with van der Waals surface area (Å²) < 4.78 is 12.9. The number of amides is 1. The standard InChI is InChI=1S/C18H25FN4O/c1-20-17(23-11-10-18(13-23)8-2-3-9-18)21-12-16(24)22-15-6-4-14(19)5-7-15/h4-7H,2-3,8-13H2,1H3,(H,20,21)(H,22,24). The molecule has 0 unspecified atom stereocenters. The second-order valence-corrected chi connectivity index (χ2v) is 6.83. The maximum absolute atomic E-state index is 12.9. The topological polar surface area (TPSA) is 56.7 Å². The molecule has 1 saturated carbocycles. The average Bonchev–Trinajstić information content (AvgIpc) is 3.21. The summed E-state index contributed by atoms with van der Waals surface area (Å²) in [5.74, 6) is 0.298. The summed E-state index contributed by atoms with van der Waals surface area (Å²) in [6, 6.07) is 5.75. The highest BCUT2D eigenvalue weighted by atomic mass is 19.1. The van der Waals surface area contributed by atoms with Gasteiger partial charge in [0.15, 0.2) is 5.96 Å². The number of hydrogen-bond donors (Lipinski definition) is 2. The lowest BCUT2D eigenvalue weighted by Gasteiger charge is -2.25. The van der Waals surface area contributed by atoms with Crippen LogP contribution in [0.1, 0.15) is 32.1 Å². The number of rotatable bonds is 3. The Morgan fingerprint density at radius 3 is 2.62 bits per heavy atom. The van der Waals surface area contributed by atoms with Gasteiger partial charge in [0.25, 0.3) is 0 Å².